The van der Waals surface area contributed by atoms with Gasteiger partial charge in [0.2, 0.25) is 0 Å². The number of para-hydroxylation sites is 1. The van der Waals surface area contributed by atoms with Gasteiger partial charge in [0.05, 0.1) is 5.56 Å². The molecule has 2 rings (SSSR count). The van der Waals surface area contributed by atoms with E-state index in [2.05, 4.69) is 34.2 Å². The summed E-state index contributed by atoms with van der Waals surface area (Å²) < 4.78 is 0.852. The Balaban J connectivity index is 2.26. The van der Waals surface area contributed by atoms with Crippen LogP contribution >= 0.6 is 15.9 Å². The molecular weight excluding hydrogens is 314 g/mol. The summed E-state index contributed by atoms with van der Waals surface area (Å²) in [6.07, 6.45) is 2.02. The van der Waals surface area contributed by atoms with Gasteiger partial charge >= 0.3 is 0 Å². The number of benzene rings is 2. The third-order valence-electron chi connectivity index (χ3n) is 3.22. The van der Waals surface area contributed by atoms with Gasteiger partial charge in [-0.25, -0.2) is 0 Å². The van der Waals surface area contributed by atoms with Gasteiger partial charge < -0.3 is 5.32 Å². The number of halogens is 1. The van der Waals surface area contributed by atoms with Gasteiger partial charge in [-0.1, -0.05) is 43.7 Å². The van der Waals surface area contributed by atoms with Crippen molar-refractivity contribution in [3.8, 4) is 0 Å². The van der Waals surface area contributed by atoms with E-state index in [1.54, 1.807) is 0 Å². The van der Waals surface area contributed by atoms with Gasteiger partial charge in [0.15, 0.2) is 0 Å². The van der Waals surface area contributed by atoms with Crippen molar-refractivity contribution in [3.63, 3.8) is 0 Å². The van der Waals surface area contributed by atoms with Crippen LogP contribution in [0, 0.1) is 6.92 Å². The predicted molar refractivity (Wildman–Crippen MR) is 87.3 cm³/mol. The van der Waals surface area contributed by atoms with E-state index in [0.29, 0.717) is 5.56 Å². The van der Waals surface area contributed by atoms with Crippen molar-refractivity contribution in [1.29, 1.82) is 0 Å². The highest BCUT2D eigenvalue weighted by molar-refractivity contribution is 9.10. The lowest BCUT2D eigenvalue weighted by atomic mass is 10.1. The average molecular weight is 332 g/mol. The molecule has 0 heterocycles. The smallest absolute Gasteiger partial charge is 0.256 e. The van der Waals surface area contributed by atoms with E-state index in [1.807, 2.05) is 43.3 Å². The molecule has 0 radical (unpaired) electrons. The van der Waals surface area contributed by atoms with Crippen molar-refractivity contribution in [3.05, 3.63) is 63.6 Å². The van der Waals surface area contributed by atoms with E-state index in [9.17, 15) is 4.79 Å². The van der Waals surface area contributed by atoms with E-state index in [-0.39, 0.29) is 5.91 Å². The SMILES string of the molecule is CCCc1ccccc1NC(=O)c1cccc(C)c1Br. The lowest BCUT2D eigenvalue weighted by Gasteiger charge is -2.12. The summed E-state index contributed by atoms with van der Waals surface area (Å²) in [5, 5.41) is 3.01. The molecular formula is C17H18BrNO. The van der Waals surface area contributed by atoms with Crippen molar-refractivity contribution in [2.24, 2.45) is 0 Å². The summed E-state index contributed by atoms with van der Waals surface area (Å²) in [6.45, 7) is 4.11. The van der Waals surface area contributed by atoms with Crippen LogP contribution in [0.15, 0.2) is 46.9 Å². The van der Waals surface area contributed by atoms with Crippen molar-refractivity contribution in [2.45, 2.75) is 26.7 Å². The van der Waals surface area contributed by atoms with Crippen LogP contribution in [0.25, 0.3) is 0 Å². The average Bonchev–Trinajstić information content (AvgIpc) is 2.44. The second-order valence-electron chi connectivity index (χ2n) is 4.80. The molecule has 0 aromatic heterocycles. The van der Waals surface area contributed by atoms with Crippen molar-refractivity contribution >= 4 is 27.5 Å². The molecule has 0 atom stereocenters. The number of hydrogen-bond donors (Lipinski definition) is 1. The molecule has 0 saturated heterocycles. The topological polar surface area (TPSA) is 29.1 Å². The van der Waals surface area contributed by atoms with Crippen LogP contribution in [0.5, 0.6) is 0 Å². The van der Waals surface area contributed by atoms with Gasteiger partial charge in [0.25, 0.3) is 5.91 Å². The zero-order valence-electron chi connectivity index (χ0n) is 11.7. The van der Waals surface area contributed by atoms with Gasteiger partial charge in [-0.15, -0.1) is 0 Å². The standard InChI is InChI=1S/C17H18BrNO/c1-3-7-13-9-4-5-11-15(13)19-17(20)14-10-6-8-12(2)16(14)18/h4-6,8-11H,3,7H2,1-2H3,(H,19,20). The molecule has 0 unspecified atom stereocenters. The lowest BCUT2D eigenvalue weighted by Crippen LogP contribution is -2.14. The van der Waals surface area contributed by atoms with Crippen LogP contribution in [-0.2, 0) is 6.42 Å². The zero-order chi connectivity index (χ0) is 14.5. The molecule has 3 heteroatoms. The second kappa shape index (κ2) is 6.71. The number of carbonyl (C=O) groups excluding carboxylic acids is 1. The number of amides is 1. The monoisotopic (exact) mass is 331 g/mol. The predicted octanol–water partition coefficient (Wildman–Crippen LogP) is 4.96. The number of carbonyl (C=O) groups is 1. The van der Waals surface area contributed by atoms with Crippen LogP contribution in [0.2, 0.25) is 0 Å². The molecule has 104 valence electrons. The van der Waals surface area contributed by atoms with Crippen LogP contribution in [0.3, 0.4) is 0 Å². The maximum absolute atomic E-state index is 12.4. The third kappa shape index (κ3) is 3.28. The molecule has 2 aromatic rings. The third-order valence-corrected chi connectivity index (χ3v) is 4.27. The molecule has 2 aromatic carbocycles. The minimum atomic E-state index is -0.0795. The van der Waals surface area contributed by atoms with E-state index < -0.39 is 0 Å². The van der Waals surface area contributed by atoms with Gasteiger partial charge in [-0.3, -0.25) is 4.79 Å². The van der Waals surface area contributed by atoms with Crippen molar-refractivity contribution in [1.82, 2.24) is 0 Å². The summed E-state index contributed by atoms with van der Waals surface area (Å²) in [5.41, 5.74) is 3.79. The molecule has 20 heavy (non-hydrogen) atoms. The number of rotatable bonds is 4. The van der Waals surface area contributed by atoms with E-state index in [4.69, 9.17) is 0 Å². The maximum Gasteiger partial charge on any atom is 0.256 e. The first-order valence-electron chi connectivity index (χ1n) is 6.78. The number of aryl methyl sites for hydroxylation is 2. The molecule has 1 amide bonds. The summed E-state index contributed by atoms with van der Waals surface area (Å²) in [7, 11) is 0. The minimum absolute atomic E-state index is 0.0795. The zero-order valence-corrected chi connectivity index (χ0v) is 13.3. The Labute approximate surface area is 128 Å². The Morgan fingerprint density at radius 3 is 2.65 bits per heavy atom. The molecule has 1 N–H and O–H groups in total. The summed E-state index contributed by atoms with van der Waals surface area (Å²) in [6, 6.07) is 13.7. The molecule has 0 spiro atoms. The van der Waals surface area contributed by atoms with Gasteiger partial charge in [-0.2, -0.15) is 0 Å². The van der Waals surface area contributed by atoms with Crippen LogP contribution in [0.1, 0.15) is 34.8 Å². The lowest BCUT2D eigenvalue weighted by molar-refractivity contribution is 0.102. The fourth-order valence-electron chi connectivity index (χ4n) is 2.14. The first-order chi connectivity index (χ1) is 9.63. The fraction of sp³-hybridized carbons (Fsp3) is 0.235. The Bertz CT molecular complexity index is 622. The Hall–Kier alpha value is -1.61. The van der Waals surface area contributed by atoms with Crippen LogP contribution < -0.4 is 5.32 Å². The second-order valence-corrected chi connectivity index (χ2v) is 5.59. The molecule has 2 nitrogen and oxygen atoms in total. The van der Waals surface area contributed by atoms with Crippen LogP contribution in [0.4, 0.5) is 5.69 Å². The van der Waals surface area contributed by atoms with Gasteiger partial charge in [0, 0.05) is 10.2 Å². The molecule has 0 aliphatic heterocycles. The fourth-order valence-corrected chi connectivity index (χ4v) is 2.59. The Morgan fingerprint density at radius 2 is 1.90 bits per heavy atom. The van der Waals surface area contributed by atoms with E-state index >= 15 is 0 Å². The van der Waals surface area contributed by atoms with E-state index in [0.717, 1.165) is 28.6 Å². The maximum atomic E-state index is 12.4. The molecule has 0 aliphatic carbocycles. The molecule has 0 saturated carbocycles. The highest BCUT2D eigenvalue weighted by Crippen LogP contribution is 2.23. The normalized spacial score (nSPS) is 10.3. The Morgan fingerprint density at radius 1 is 1.15 bits per heavy atom. The van der Waals surface area contributed by atoms with Gasteiger partial charge in [-0.05, 0) is 52.5 Å². The quantitative estimate of drug-likeness (QED) is 0.842. The Kier molecular flexibility index (Phi) is 4.96. The summed E-state index contributed by atoms with van der Waals surface area (Å²) in [4.78, 5) is 12.4. The van der Waals surface area contributed by atoms with Crippen molar-refractivity contribution in [2.75, 3.05) is 5.32 Å². The minimum Gasteiger partial charge on any atom is -0.322 e. The highest BCUT2D eigenvalue weighted by atomic mass is 79.9. The molecule has 0 aliphatic rings. The van der Waals surface area contributed by atoms with Crippen LogP contribution in [-0.4, -0.2) is 5.91 Å². The first-order valence-corrected chi connectivity index (χ1v) is 7.57. The summed E-state index contributed by atoms with van der Waals surface area (Å²) >= 11 is 3.48. The highest BCUT2D eigenvalue weighted by Gasteiger charge is 2.12. The molecule has 0 bridgehead atoms. The van der Waals surface area contributed by atoms with Crippen molar-refractivity contribution < 1.29 is 4.79 Å². The first kappa shape index (κ1) is 14.8. The van der Waals surface area contributed by atoms with E-state index in [1.165, 1.54) is 5.56 Å². The molecule has 0 fully saturated rings. The largest absolute Gasteiger partial charge is 0.322 e. The number of nitrogens with one attached hydrogen (secondary N) is 1. The number of hydrogen-bond acceptors (Lipinski definition) is 1. The summed E-state index contributed by atoms with van der Waals surface area (Å²) in [5.74, 6) is -0.0795. The number of anilines is 1. The van der Waals surface area contributed by atoms with Gasteiger partial charge in [0.1, 0.15) is 0 Å².